The van der Waals surface area contributed by atoms with Crippen molar-refractivity contribution in [2.75, 3.05) is 0 Å². The lowest BCUT2D eigenvalue weighted by Gasteiger charge is -2.06. The van der Waals surface area contributed by atoms with E-state index in [1.807, 2.05) is 22.9 Å². The van der Waals surface area contributed by atoms with Gasteiger partial charge in [-0.2, -0.15) is 5.10 Å². The van der Waals surface area contributed by atoms with E-state index in [1.165, 1.54) is 33.4 Å². The molecule has 0 atom stereocenters. The predicted octanol–water partition coefficient (Wildman–Crippen LogP) is 3.71. The summed E-state index contributed by atoms with van der Waals surface area (Å²) >= 11 is 1.92. The monoisotopic (exact) mass is 297 g/mol. The van der Waals surface area contributed by atoms with Crippen molar-refractivity contribution in [3.63, 3.8) is 0 Å². The number of aromatic nitrogens is 2. The zero-order chi connectivity index (χ0) is 14.2. The Balaban J connectivity index is 1.70. The van der Waals surface area contributed by atoms with Crippen LogP contribution in [0.4, 0.5) is 0 Å². The van der Waals surface area contributed by atoms with Crippen LogP contribution in [0.5, 0.6) is 0 Å². The molecule has 1 aliphatic carbocycles. The fraction of sp³-hybridized carbons (Fsp3) is 0.353. The number of thiophene rings is 1. The molecule has 2 heterocycles. The number of benzene rings is 1. The van der Waals surface area contributed by atoms with Gasteiger partial charge >= 0.3 is 0 Å². The molecular formula is C17H19N3S. The molecular weight excluding hydrogens is 278 g/mol. The number of hydrogen-bond donors (Lipinski definition) is 1. The first-order valence-electron chi connectivity index (χ1n) is 7.52. The van der Waals surface area contributed by atoms with Gasteiger partial charge in [0.05, 0.1) is 12.2 Å². The molecule has 2 aromatic heterocycles. The van der Waals surface area contributed by atoms with Crippen LogP contribution in [0.15, 0.2) is 36.5 Å². The van der Waals surface area contributed by atoms with Crippen molar-refractivity contribution in [1.29, 1.82) is 0 Å². The molecule has 108 valence electrons. The Bertz CT molecular complexity index is 767. The lowest BCUT2D eigenvalue weighted by molar-refractivity contribution is 0.660. The Hall–Kier alpha value is -1.65. The van der Waals surface area contributed by atoms with E-state index in [4.69, 9.17) is 0 Å². The summed E-state index contributed by atoms with van der Waals surface area (Å²) in [6.45, 7) is 3.89. The average Bonchev–Trinajstić information content (AvgIpc) is 3.14. The molecule has 1 saturated carbocycles. The molecule has 3 nitrogen and oxygen atoms in total. The molecule has 0 bridgehead atoms. The summed E-state index contributed by atoms with van der Waals surface area (Å²) in [7, 11) is 0. The van der Waals surface area contributed by atoms with Crippen molar-refractivity contribution >= 4 is 21.4 Å². The van der Waals surface area contributed by atoms with Crippen molar-refractivity contribution < 1.29 is 0 Å². The molecule has 21 heavy (non-hydrogen) atoms. The van der Waals surface area contributed by atoms with Gasteiger partial charge in [-0.3, -0.25) is 4.68 Å². The van der Waals surface area contributed by atoms with Crippen molar-refractivity contribution in [2.24, 2.45) is 0 Å². The highest BCUT2D eigenvalue weighted by Crippen LogP contribution is 2.32. The number of nitrogens with zero attached hydrogens (tertiary/aromatic N) is 2. The predicted molar refractivity (Wildman–Crippen MR) is 87.8 cm³/mol. The van der Waals surface area contributed by atoms with Crippen LogP contribution in [0.3, 0.4) is 0 Å². The van der Waals surface area contributed by atoms with Gasteiger partial charge in [-0.05, 0) is 42.8 Å². The second-order valence-corrected chi connectivity index (χ2v) is 6.95. The molecule has 0 aliphatic heterocycles. The molecule has 1 fully saturated rings. The molecule has 0 unspecified atom stereocenters. The van der Waals surface area contributed by atoms with Gasteiger partial charge in [0, 0.05) is 28.4 Å². The molecule has 0 spiro atoms. The Morgan fingerprint density at radius 2 is 2.14 bits per heavy atom. The minimum absolute atomic E-state index is 0.745. The highest BCUT2D eigenvalue weighted by Gasteiger charge is 2.21. The topological polar surface area (TPSA) is 29.9 Å². The average molecular weight is 297 g/mol. The summed E-state index contributed by atoms with van der Waals surface area (Å²) in [6.07, 6.45) is 4.73. The standard InChI is InChI=1S/C17H19N3S/c1-12-8-9-20(19-12)11-15-14-4-2-3-5-16(14)21-17(15)10-18-13-6-7-13/h2-5,8-9,13,18H,6-7,10-11H2,1H3. The minimum Gasteiger partial charge on any atom is -0.309 e. The molecule has 1 aromatic carbocycles. The van der Waals surface area contributed by atoms with E-state index in [2.05, 4.69) is 46.9 Å². The molecule has 4 rings (SSSR count). The van der Waals surface area contributed by atoms with Gasteiger partial charge in [-0.25, -0.2) is 0 Å². The highest BCUT2D eigenvalue weighted by atomic mass is 32.1. The second kappa shape index (κ2) is 5.28. The summed E-state index contributed by atoms with van der Waals surface area (Å²) in [6, 6.07) is 11.5. The van der Waals surface area contributed by atoms with Crippen molar-refractivity contribution in [1.82, 2.24) is 15.1 Å². The van der Waals surface area contributed by atoms with E-state index in [9.17, 15) is 0 Å². The largest absolute Gasteiger partial charge is 0.309 e. The fourth-order valence-corrected chi connectivity index (χ4v) is 3.87. The second-order valence-electron chi connectivity index (χ2n) is 5.81. The molecule has 1 N–H and O–H groups in total. The minimum atomic E-state index is 0.745. The van der Waals surface area contributed by atoms with E-state index in [0.717, 1.165) is 24.8 Å². The van der Waals surface area contributed by atoms with Crippen molar-refractivity contribution in [3.05, 3.63) is 52.7 Å². The van der Waals surface area contributed by atoms with Crippen LogP contribution in [-0.2, 0) is 13.1 Å². The van der Waals surface area contributed by atoms with Gasteiger partial charge in [-0.15, -0.1) is 11.3 Å². The third-order valence-electron chi connectivity index (χ3n) is 4.00. The number of rotatable bonds is 5. The van der Waals surface area contributed by atoms with Gasteiger partial charge in [0.1, 0.15) is 0 Å². The maximum Gasteiger partial charge on any atom is 0.0676 e. The van der Waals surface area contributed by atoms with Crippen LogP contribution in [0.1, 0.15) is 29.0 Å². The first-order valence-corrected chi connectivity index (χ1v) is 8.34. The van der Waals surface area contributed by atoms with Crippen LogP contribution in [-0.4, -0.2) is 15.8 Å². The Kier molecular flexibility index (Phi) is 3.28. The number of aryl methyl sites for hydroxylation is 1. The van der Waals surface area contributed by atoms with Crippen LogP contribution < -0.4 is 5.32 Å². The summed E-state index contributed by atoms with van der Waals surface area (Å²) < 4.78 is 3.42. The van der Waals surface area contributed by atoms with Crippen LogP contribution in [0.2, 0.25) is 0 Å². The molecule has 1 aliphatic rings. The smallest absolute Gasteiger partial charge is 0.0676 e. The third-order valence-corrected chi connectivity index (χ3v) is 5.22. The zero-order valence-corrected chi connectivity index (χ0v) is 13.0. The van der Waals surface area contributed by atoms with E-state index in [1.54, 1.807) is 0 Å². The highest BCUT2D eigenvalue weighted by molar-refractivity contribution is 7.19. The van der Waals surface area contributed by atoms with Crippen LogP contribution >= 0.6 is 11.3 Å². The molecule has 3 aromatic rings. The molecule has 4 heteroatoms. The van der Waals surface area contributed by atoms with Crippen LogP contribution in [0, 0.1) is 6.92 Å². The van der Waals surface area contributed by atoms with Gasteiger partial charge < -0.3 is 5.32 Å². The summed E-state index contributed by atoms with van der Waals surface area (Å²) in [5.74, 6) is 0. The number of fused-ring (bicyclic) bond motifs is 1. The van der Waals surface area contributed by atoms with E-state index < -0.39 is 0 Å². The maximum atomic E-state index is 4.54. The normalized spacial score (nSPS) is 14.9. The lowest BCUT2D eigenvalue weighted by atomic mass is 10.1. The molecule has 0 radical (unpaired) electrons. The lowest BCUT2D eigenvalue weighted by Crippen LogP contribution is -2.16. The van der Waals surface area contributed by atoms with Crippen LogP contribution in [0.25, 0.3) is 10.1 Å². The van der Waals surface area contributed by atoms with Gasteiger partial charge in [0.2, 0.25) is 0 Å². The van der Waals surface area contributed by atoms with Gasteiger partial charge in [0.15, 0.2) is 0 Å². The third kappa shape index (κ3) is 2.74. The summed E-state index contributed by atoms with van der Waals surface area (Å²) in [4.78, 5) is 1.45. The SMILES string of the molecule is Cc1ccn(Cc2c(CNC3CC3)sc3ccccc23)n1. The fourth-order valence-electron chi connectivity index (χ4n) is 2.70. The maximum absolute atomic E-state index is 4.54. The Morgan fingerprint density at radius 1 is 1.29 bits per heavy atom. The van der Waals surface area contributed by atoms with Crippen molar-refractivity contribution in [2.45, 2.75) is 38.9 Å². The van der Waals surface area contributed by atoms with E-state index >= 15 is 0 Å². The Morgan fingerprint density at radius 3 is 2.90 bits per heavy atom. The first kappa shape index (κ1) is 13.0. The van der Waals surface area contributed by atoms with Gasteiger partial charge in [0.25, 0.3) is 0 Å². The summed E-state index contributed by atoms with van der Waals surface area (Å²) in [5.41, 5.74) is 2.50. The van der Waals surface area contributed by atoms with E-state index in [0.29, 0.717) is 0 Å². The molecule has 0 amide bonds. The zero-order valence-electron chi connectivity index (χ0n) is 12.2. The van der Waals surface area contributed by atoms with Crippen molar-refractivity contribution in [3.8, 4) is 0 Å². The van der Waals surface area contributed by atoms with E-state index in [-0.39, 0.29) is 0 Å². The van der Waals surface area contributed by atoms with Gasteiger partial charge in [-0.1, -0.05) is 18.2 Å². The number of nitrogens with one attached hydrogen (secondary N) is 1. The first-order chi connectivity index (χ1) is 10.3. The number of hydrogen-bond acceptors (Lipinski definition) is 3. The molecule has 0 saturated heterocycles. The quantitative estimate of drug-likeness (QED) is 0.778. The Labute approximate surface area is 128 Å². The summed E-state index contributed by atoms with van der Waals surface area (Å²) in [5, 5.41) is 9.57.